The SMILES string of the molecule is CC#CCCOc1cc(C(=O)c2cccc(C)c2)c(Oc2c(Br)cc(CC(=O)O)cc2Br)cc1C(C)C. The van der Waals surface area contributed by atoms with Gasteiger partial charge >= 0.3 is 5.97 Å². The van der Waals surface area contributed by atoms with Gasteiger partial charge in [0.15, 0.2) is 11.5 Å². The molecule has 5 nitrogen and oxygen atoms in total. The smallest absolute Gasteiger partial charge is 0.307 e. The quantitative estimate of drug-likeness (QED) is 0.140. The van der Waals surface area contributed by atoms with Crippen LogP contribution in [-0.2, 0) is 11.2 Å². The third-order valence-corrected chi connectivity index (χ3v) is 6.72. The molecule has 0 saturated heterocycles. The normalized spacial score (nSPS) is 10.6. The van der Waals surface area contributed by atoms with Gasteiger partial charge in [0, 0.05) is 17.5 Å². The maximum absolute atomic E-state index is 13.7. The van der Waals surface area contributed by atoms with Gasteiger partial charge in [-0.3, -0.25) is 9.59 Å². The van der Waals surface area contributed by atoms with Gasteiger partial charge < -0.3 is 14.6 Å². The van der Waals surface area contributed by atoms with Gasteiger partial charge in [-0.1, -0.05) is 37.6 Å². The van der Waals surface area contributed by atoms with E-state index < -0.39 is 5.97 Å². The van der Waals surface area contributed by atoms with E-state index in [0.717, 1.165) is 11.1 Å². The Labute approximate surface area is 234 Å². The summed E-state index contributed by atoms with van der Waals surface area (Å²) in [6, 6.07) is 14.4. The van der Waals surface area contributed by atoms with Crippen LogP contribution in [0.1, 0.15) is 65.7 Å². The lowest BCUT2D eigenvalue weighted by atomic mass is 9.95. The highest BCUT2D eigenvalue weighted by atomic mass is 79.9. The Morgan fingerprint density at radius 1 is 1.03 bits per heavy atom. The van der Waals surface area contributed by atoms with E-state index in [1.54, 1.807) is 31.2 Å². The van der Waals surface area contributed by atoms with Gasteiger partial charge in [-0.25, -0.2) is 0 Å². The summed E-state index contributed by atoms with van der Waals surface area (Å²) in [5.74, 6) is 6.27. The lowest BCUT2D eigenvalue weighted by molar-refractivity contribution is -0.136. The number of carbonyl (C=O) groups is 2. The van der Waals surface area contributed by atoms with Crippen LogP contribution in [0.5, 0.6) is 17.2 Å². The number of carbonyl (C=O) groups excluding carboxylic acids is 1. The summed E-state index contributed by atoms with van der Waals surface area (Å²) in [4.78, 5) is 24.9. The molecule has 0 saturated carbocycles. The second kappa shape index (κ2) is 12.9. The van der Waals surface area contributed by atoms with Crippen LogP contribution >= 0.6 is 31.9 Å². The molecule has 0 aliphatic heterocycles. The average molecular weight is 628 g/mol. The molecule has 0 aliphatic rings. The number of ether oxygens (including phenoxy) is 2. The fraction of sp³-hybridized carbons (Fsp3) is 0.267. The number of aliphatic carboxylic acids is 1. The summed E-state index contributed by atoms with van der Waals surface area (Å²) in [6.45, 7) is 8.22. The fourth-order valence-corrected chi connectivity index (χ4v) is 5.23. The molecule has 37 heavy (non-hydrogen) atoms. The number of carboxylic acids is 1. The van der Waals surface area contributed by atoms with Crippen LogP contribution in [0.15, 0.2) is 57.5 Å². The number of halogens is 2. The van der Waals surface area contributed by atoms with Gasteiger partial charge in [0.2, 0.25) is 0 Å². The number of hydrogen-bond donors (Lipinski definition) is 1. The van der Waals surface area contributed by atoms with Crippen LogP contribution in [0.4, 0.5) is 0 Å². The lowest BCUT2D eigenvalue weighted by Gasteiger charge is -2.20. The van der Waals surface area contributed by atoms with Crippen LogP contribution in [0, 0.1) is 18.8 Å². The first-order chi connectivity index (χ1) is 17.6. The maximum Gasteiger partial charge on any atom is 0.307 e. The molecular weight excluding hydrogens is 600 g/mol. The fourth-order valence-electron chi connectivity index (χ4n) is 3.79. The first-order valence-electron chi connectivity index (χ1n) is 11.8. The van der Waals surface area contributed by atoms with Gasteiger partial charge in [-0.2, -0.15) is 0 Å². The monoisotopic (exact) mass is 626 g/mol. The molecule has 0 aliphatic carbocycles. The number of ketones is 1. The highest BCUT2D eigenvalue weighted by molar-refractivity contribution is 9.11. The van der Waals surface area contributed by atoms with Crippen molar-refractivity contribution in [3.05, 3.63) is 85.3 Å². The zero-order chi connectivity index (χ0) is 27.1. The number of carboxylic acid groups (broad SMARTS) is 1. The van der Waals surface area contributed by atoms with Crippen molar-refractivity contribution < 1.29 is 24.2 Å². The van der Waals surface area contributed by atoms with Crippen molar-refractivity contribution in [2.45, 2.75) is 46.5 Å². The zero-order valence-corrected chi connectivity index (χ0v) is 24.3. The standard InChI is InChI=1S/C30H28Br2O5/c1-5-6-7-11-36-26-17-23(29(35)21-10-8-9-19(4)12-21)27(16-22(26)18(2)3)37-30-24(31)13-20(14-25(30)32)15-28(33)34/h8-10,12-14,16-18H,7,11,15H2,1-4H3,(H,33,34). The predicted molar refractivity (Wildman–Crippen MR) is 152 cm³/mol. The Kier molecular flexibility index (Phi) is 9.96. The minimum Gasteiger partial charge on any atom is -0.492 e. The highest BCUT2D eigenvalue weighted by Crippen LogP contribution is 2.42. The molecule has 0 unspecified atom stereocenters. The summed E-state index contributed by atoms with van der Waals surface area (Å²) in [5.41, 5.74) is 3.38. The molecule has 0 heterocycles. The maximum atomic E-state index is 13.7. The van der Waals surface area contributed by atoms with Crippen molar-refractivity contribution in [1.82, 2.24) is 0 Å². The Hall–Kier alpha value is -3.08. The molecule has 0 fully saturated rings. The molecule has 0 spiro atoms. The minimum atomic E-state index is -0.930. The van der Waals surface area contributed by atoms with Crippen molar-refractivity contribution in [2.24, 2.45) is 0 Å². The number of hydrogen-bond acceptors (Lipinski definition) is 4. The van der Waals surface area contributed by atoms with Crippen LogP contribution in [0.3, 0.4) is 0 Å². The Morgan fingerprint density at radius 3 is 2.32 bits per heavy atom. The molecule has 3 aromatic carbocycles. The predicted octanol–water partition coefficient (Wildman–Crippen LogP) is 8.09. The minimum absolute atomic E-state index is 0.0996. The first kappa shape index (κ1) is 28.5. The van der Waals surface area contributed by atoms with E-state index in [4.69, 9.17) is 14.6 Å². The summed E-state index contributed by atoms with van der Waals surface area (Å²) >= 11 is 7.00. The Bertz CT molecular complexity index is 1360. The molecule has 192 valence electrons. The van der Waals surface area contributed by atoms with Crippen LogP contribution in [-0.4, -0.2) is 23.5 Å². The number of aryl methyl sites for hydroxylation is 1. The average Bonchev–Trinajstić information content (AvgIpc) is 2.83. The molecule has 7 heteroatoms. The van der Waals surface area contributed by atoms with E-state index in [0.29, 0.717) is 55.9 Å². The van der Waals surface area contributed by atoms with E-state index >= 15 is 0 Å². The van der Waals surface area contributed by atoms with Crippen LogP contribution in [0.25, 0.3) is 0 Å². The van der Waals surface area contributed by atoms with Gasteiger partial charge in [0.05, 0.1) is 27.5 Å². The molecule has 0 amide bonds. The van der Waals surface area contributed by atoms with Crippen molar-refractivity contribution in [3.8, 4) is 29.1 Å². The zero-order valence-electron chi connectivity index (χ0n) is 21.2. The third-order valence-electron chi connectivity index (χ3n) is 5.55. The molecule has 0 aromatic heterocycles. The number of rotatable bonds is 10. The summed E-state index contributed by atoms with van der Waals surface area (Å²) in [7, 11) is 0. The lowest BCUT2D eigenvalue weighted by Crippen LogP contribution is -2.08. The van der Waals surface area contributed by atoms with Crippen LogP contribution in [0.2, 0.25) is 0 Å². The van der Waals surface area contributed by atoms with Crippen molar-refractivity contribution >= 4 is 43.6 Å². The van der Waals surface area contributed by atoms with E-state index in [1.807, 2.05) is 45.0 Å². The molecule has 0 atom stereocenters. The summed E-state index contributed by atoms with van der Waals surface area (Å²) in [6.07, 6.45) is 0.455. The molecule has 1 N–H and O–H groups in total. The molecule has 3 aromatic rings. The largest absolute Gasteiger partial charge is 0.492 e. The number of benzene rings is 3. The highest BCUT2D eigenvalue weighted by Gasteiger charge is 2.23. The molecule has 3 rings (SSSR count). The van der Waals surface area contributed by atoms with Gasteiger partial charge in [0.1, 0.15) is 11.5 Å². The Balaban J connectivity index is 2.14. The van der Waals surface area contributed by atoms with Crippen molar-refractivity contribution in [3.63, 3.8) is 0 Å². The summed E-state index contributed by atoms with van der Waals surface area (Å²) in [5, 5.41) is 9.16. The van der Waals surface area contributed by atoms with E-state index in [-0.39, 0.29) is 18.1 Å². The Morgan fingerprint density at radius 2 is 1.73 bits per heavy atom. The second-order valence-corrected chi connectivity index (χ2v) is 10.5. The van der Waals surface area contributed by atoms with Gasteiger partial charge in [-0.15, -0.1) is 11.8 Å². The van der Waals surface area contributed by atoms with Crippen molar-refractivity contribution in [2.75, 3.05) is 6.61 Å². The summed E-state index contributed by atoms with van der Waals surface area (Å²) < 4.78 is 13.6. The van der Waals surface area contributed by atoms with Gasteiger partial charge in [-0.05, 0) is 87.5 Å². The van der Waals surface area contributed by atoms with E-state index in [1.165, 1.54) is 0 Å². The molecule has 0 radical (unpaired) electrons. The van der Waals surface area contributed by atoms with E-state index in [2.05, 4.69) is 43.7 Å². The second-order valence-electron chi connectivity index (χ2n) is 8.83. The topological polar surface area (TPSA) is 72.8 Å². The third kappa shape index (κ3) is 7.47. The first-order valence-corrected chi connectivity index (χ1v) is 13.4. The molecule has 0 bridgehead atoms. The molecular formula is C30H28Br2O5. The van der Waals surface area contributed by atoms with Crippen LogP contribution < -0.4 is 9.47 Å². The van der Waals surface area contributed by atoms with Crippen molar-refractivity contribution in [1.29, 1.82) is 0 Å². The van der Waals surface area contributed by atoms with Gasteiger partial charge in [0.25, 0.3) is 0 Å². The van der Waals surface area contributed by atoms with E-state index in [9.17, 15) is 9.59 Å².